The molecule has 3 aromatic rings. The maximum Gasteiger partial charge on any atom is 0.0930 e. The monoisotopic (exact) mass is 415 g/mol. The van der Waals surface area contributed by atoms with Crippen molar-refractivity contribution >= 4 is 11.8 Å². The van der Waals surface area contributed by atoms with Crippen LogP contribution in [0.3, 0.4) is 0 Å². The van der Waals surface area contributed by atoms with Crippen molar-refractivity contribution in [2.24, 2.45) is 0 Å². The SMILES string of the molecule is C=CC(=N)c1ccc(C(C)C)c(-c2ccn(-c3ccc(C=C)cc3)n2)c1.CC.CCC. The molecule has 0 saturated carbocycles. The lowest BCUT2D eigenvalue weighted by Gasteiger charge is -2.13. The second-order valence-electron chi connectivity index (χ2n) is 7.22. The van der Waals surface area contributed by atoms with Gasteiger partial charge in [0.2, 0.25) is 0 Å². The fourth-order valence-corrected chi connectivity index (χ4v) is 2.94. The van der Waals surface area contributed by atoms with Crippen molar-refractivity contribution in [1.29, 1.82) is 5.41 Å². The molecule has 0 aliphatic heterocycles. The second-order valence-corrected chi connectivity index (χ2v) is 7.22. The van der Waals surface area contributed by atoms with E-state index in [9.17, 15) is 0 Å². The third kappa shape index (κ3) is 6.92. The molecule has 1 heterocycles. The Morgan fingerprint density at radius 2 is 1.65 bits per heavy atom. The normalized spacial score (nSPS) is 9.77. The van der Waals surface area contributed by atoms with E-state index in [0.29, 0.717) is 11.6 Å². The topological polar surface area (TPSA) is 41.7 Å². The third-order valence-corrected chi connectivity index (χ3v) is 4.45. The molecule has 0 spiro atoms. The van der Waals surface area contributed by atoms with Crippen molar-refractivity contribution in [1.82, 2.24) is 9.78 Å². The van der Waals surface area contributed by atoms with Crippen LogP contribution in [0.5, 0.6) is 0 Å². The number of aromatic nitrogens is 2. The Morgan fingerprint density at radius 3 is 2.16 bits per heavy atom. The predicted octanol–water partition coefficient (Wildman–Crippen LogP) is 8.30. The first-order valence-electron chi connectivity index (χ1n) is 11.1. The van der Waals surface area contributed by atoms with Crippen LogP contribution in [0.1, 0.15) is 70.6 Å². The summed E-state index contributed by atoms with van der Waals surface area (Å²) in [5.74, 6) is 0.369. The molecule has 0 aliphatic rings. The Balaban J connectivity index is 0.000000884. The zero-order chi connectivity index (χ0) is 23.4. The maximum absolute atomic E-state index is 8.04. The number of hydrogen-bond acceptors (Lipinski definition) is 2. The molecule has 1 N–H and O–H groups in total. The van der Waals surface area contributed by atoms with Crippen molar-refractivity contribution < 1.29 is 0 Å². The van der Waals surface area contributed by atoms with Gasteiger partial charge in [0.05, 0.1) is 17.1 Å². The molecule has 3 rings (SSSR count). The van der Waals surface area contributed by atoms with E-state index >= 15 is 0 Å². The zero-order valence-electron chi connectivity index (χ0n) is 19.9. The third-order valence-electron chi connectivity index (χ3n) is 4.45. The Labute approximate surface area is 188 Å². The largest absolute Gasteiger partial charge is 0.300 e. The van der Waals surface area contributed by atoms with Crippen molar-refractivity contribution in [3.63, 3.8) is 0 Å². The smallest absolute Gasteiger partial charge is 0.0930 e. The van der Waals surface area contributed by atoms with Crippen LogP contribution in [0.25, 0.3) is 23.0 Å². The van der Waals surface area contributed by atoms with Crippen LogP contribution in [0.15, 0.2) is 74.0 Å². The Bertz CT molecular complexity index is 976. The summed E-state index contributed by atoms with van der Waals surface area (Å²) in [6.07, 6.45) is 6.61. The average Bonchev–Trinajstić information content (AvgIpc) is 3.30. The molecule has 3 heteroatoms. The first-order chi connectivity index (χ1) is 14.9. The molecule has 31 heavy (non-hydrogen) atoms. The molecule has 0 atom stereocenters. The Morgan fingerprint density at radius 1 is 1.03 bits per heavy atom. The maximum atomic E-state index is 8.04. The summed E-state index contributed by atoms with van der Waals surface area (Å²) in [5, 5.41) is 12.8. The van der Waals surface area contributed by atoms with Gasteiger partial charge in [0.25, 0.3) is 0 Å². The molecule has 164 valence electrons. The molecule has 0 unspecified atom stereocenters. The zero-order valence-corrected chi connectivity index (χ0v) is 19.9. The van der Waals surface area contributed by atoms with Crippen LogP contribution in [0.2, 0.25) is 0 Å². The molecule has 2 aromatic carbocycles. The molecular weight excluding hydrogens is 378 g/mol. The quantitative estimate of drug-likeness (QED) is 0.404. The summed E-state index contributed by atoms with van der Waals surface area (Å²) in [4.78, 5) is 0. The molecule has 0 bridgehead atoms. The highest BCUT2D eigenvalue weighted by atomic mass is 15.3. The first-order valence-corrected chi connectivity index (χ1v) is 11.1. The number of rotatable bonds is 6. The number of nitrogens with one attached hydrogen (secondary N) is 1. The fourth-order valence-electron chi connectivity index (χ4n) is 2.94. The lowest BCUT2D eigenvalue weighted by atomic mass is 9.92. The van der Waals surface area contributed by atoms with Crippen LogP contribution in [-0.2, 0) is 0 Å². The Hall–Kier alpha value is -3.20. The van der Waals surface area contributed by atoms with Gasteiger partial charge in [0.1, 0.15) is 0 Å². The van der Waals surface area contributed by atoms with Gasteiger partial charge in [0, 0.05) is 17.3 Å². The molecule has 0 radical (unpaired) electrons. The summed E-state index contributed by atoms with van der Waals surface area (Å²) < 4.78 is 1.87. The van der Waals surface area contributed by atoms with E-state index < -0.39 is 0 Å². The van der Waals surface area contributed by atoms with Gasteiger partial charge in [-0.05, 0) is 47.4 Å². The second kappa shape index (κ2) is 13.2. The van der Waals surface area contributed by atoms with Gasteiger partial charge in [-0.15, -0.1) is 0 Å². The summed E-state index contributed by atoms with van der Waals surface area (Å²) in [6.45, 7) is 20.1. The van der Waals surface area contributed by atoms with Gasteiger partial charge >= 0.3 is 0 Å². The van der Waals surface area contributed by atoms with Gasteiger partial charge in [-0.2, -0.15) is 5.10 Å². The molecule has 0 saturated heterocycles. The van der Waals surface area contributed by atoms with E-state index in [1.807, 2.05) is 73.3 Å². The van der Waals surface area contributed by atoms with Crippen molar-refractivity contribution in [2.75, 3.05) is 0 Å². The summed E-state index contributed by atoms with van der Waals surface area (Å²) in [7, 11) is 0. The highest BCUT2D eigenvalue weighted by Crippen LogP contribution is 2.30. The minimum absolute atomic E-state index is 0.369. The molecule has 0 amide bonds. The van der Waals surface area contributed by atoms with E-state index in [1.165, 1.54) is 12.0 Å². The number of nitrogens with zero attached hydrogens (tertiary/aromatic N) is 2. The number of benzene rings is 2. The van der Waals surface area contributed by atoms with Crippen molar-refractivity contribution in [3.8, 4) is 16.9 Å². The molecular formula is C28H37N3. The first kappa shape index (κ1) is 25.8. The minimum Gasteiger partial charge on any atom is -0.300 e. The minimum atomic E-state index is 0.369. The molecule has 0 fully saturated rings. The van der Waals surface area contributed by atoms with Gasteiger partial charge in [-0.3, -0.25) is 0 Å². The van der Waals surface area contributed by atoms with E-state index in [0.717, 1.165) is 28.1 Å². The highest BCUT2D eigenvalue weighted by Gasteiger charge is 2.13. The summed E-state index contributed by atoms with van der Waals surface area (Å²) in [5.41, 5.74) is 6.54. The standard InChI is InChI=1S/C23H23N3.C3H8.C2H6/c1-5-17-7-10-19(11-8-17)26-14-13-23(25-26)21-15-18(22(24)6-2)9-12-20(21)16(3)4;1-3-2;1-2/h5-16,24H,1-2H2,3-4H3;3H2,1-2H3;1-2H3. The number of hydrogen-bond donors (Lipinski definition) is 1. The van der Waals surface area contributed by atoms with Crippen molar-refractivity contribution in [3.05, 3.63) is 90.7 Å². The number of allylic oxidation sites excluding steroid dienone is 1. The van der Waals surface area contributed by atoms with Crippen molar-refractivity contribution in [2.45, 2.75) is 53.9 Å². The summed E-state index contributed by atoms with van der Waals surface area (Å²) in [6, 6.07) is 16.2. The van der Waals surface area contributed by atoms with Crippen LogP contribution >= 0.6 is 0 Å². The average molecular weight is 416 g/mol. The summed E-state index contributed by atoms with van der Waals surface area (Å²) >= 11 is 0. The van der Waals surface area contributed by atoms with Gasteiger partial charge in [-0.1, -0.05) is 91.5 Å². The lowest BCUT2D eigenvalue weighted by Crippen LogP contribution is -2.00. The van der Waals surface area contributed by atoms with Crippen LogP contribution in [0.4, 0.5) is 0 Å². The van der Waals surface area contributed by atoms with Gasteiger partial charge in [0.15, 0.2) is 0 Å². The molecule has 3 nitrogen and oxygen atoms in total. The van der Waals surface area contributed by atoms with Gasteiger partial charge < -0.3 is 5.41 Å². The highest BCUT2D eigenvalue weighted by molar-refractivity contribution is 6.06. The van der Waals surface area contributed by atoms with Crippen LogP contribution in [-0.4, -0.2) is 15.5 Å². The lowest BCUT2D eigenvalue weighted by molar-refractivity contribution is 0.859. The fraction of sp³-hybridized carbons (Fsp3) is 0.286. The van der Waals surface area contributed by atoms with Crippen LogP contribution < -0.4 is 0 Å². The molecule has 0 aliphatic carbocycles. The van der Waals surface area contributed by atoms with E-state index in [4.69, 9.17) is 10.5 Å². The van der Waals surface area contributed by atoms with E-state index in [2.05, 4.69) is 46.9 Å². The predicted molar refractivity (Wildman–Crippen MR) is 138 cm³/mol. The van der Waals surface area contributed by atoms with Gasteiger partial charge in [-0.25, -0.2) is 4.68 Å². The Kier molecular flexibility index (Phi) is 11.0. The molecule has 1 aromatic heterocycles. The van der Waals surface area contributed by atoms with E-state index in [1.54, 1.807) is 6.08 Å². The van der Waals surface area contributed by atoms with E-state index in [-0.39, 0.29) is 0 Å². The van der Waals surface area contributed by atoms with Crippen LogP contribution in [0, 0.1) is 5.41 Å².